The summed E-state index contributed by atoms with van der Waals surface area (Å²) in [5.74, 6) is 1.49. The van der Waals surface area contributed by atoms with Gasteiger partial charge in [-0.2, -0.15) is 0 Å². The minimum Gasteiger partial charge on any atom is -0.486 e. The summed E-state index contributed by atoms with van der Waals surface area (Å²) in [4.78, 5) is 12.0. The van der Waals surface area contributed by atoms with Crippen LogP contribution in [0.25, 0.3) is 15.9 Å². The van der Waals surface area contributed by atoms with E-state index in [9.17, 15) is 0 Å². The number of aryl methyl sites for hydroxylation is 1. The number of benzene rings is 1. The van der Waals surface area contributed by atoms with Crippen molar-refractivity contribution in [2.75, 3.05) is 0 Å². The molecule has 29 heavy (non-hydrogen) atoms. The Morgan fingerprint density at radius 2 is 1.93 bits per heavy atom. The predicted molar refractivity (Wildman–Crippen MR) is 114 cm³/mol. The van der Waals surface area contributed by atoms with Gasteiger partial charge in [-0.3, -0.25) is 0 Å². The molecule has 1 aliphatic rings. The summed E-state index contributed by atoms with van der Waals surface area (Å²) >= 11 is 1.79. The summed E-state index contributed by atoms with van der Waals surface area (Å²) in [6, 6.07) is 8.03. The van der Waals surface area contributed by atoms with E-state index in [4.69, 9.17) is 14.7 Å². The fourth-order valence-electron chi connectivity index (χ4n) is 4.58. The average Bonchev–Trinajstić information content (AvgIpc) is 3.21. The van der Waals surface area contributed by atoms with Crippen LogP contribution in [0, 0.1) is 6.92 Å². The van der Waals surface area contributed by atoms with Crippen molar-refractivity contribution in [3.05, 3.63) is 52.4 Å². The molecule has 7 heteroatoms. The molecule has 1 aliphatic heterocycles. The number of fused-ring (bicyclic) bond motifs is 5. The number of aromatic nitrogens is 4. The topological polar surface area (TPSA) is 68.9 Å². The lowest BCUT2D eigenvalue weighted by molar-refractivity contribution is -0.789. The molecule has 1 aromatic carbocycles. The largest absolute Gasteiger partial charge is 0.486 e. The van der Waals surface area contributed by atoms with Crippen molar-refractivity contribution in [1.82, 2.24) is 19.6 Å². The summed E-state index contributed by atoms with van der Waals surface area (Å²) in [5, 5.41) is 8.23. The van der Waals surface area contributed by atoms with E-state index < -0.39 is 0 Å². The van der Waals surface area contributed by atoms with Crippen LogP contribution < -0.4 is 10.1 Å². The summed E-state index contributed by atoms with van der Waals surface area (Å²) in [6.45, 7) is 11.6. The van der Waals surface area contributed by atoms with E-state index in [2.05, 4.69) is 45.0 Å². The Morgan fingerprint density at radius 1 is 1.17 bits per heavy atom. The quantitative estimate of drug-likeness (QED) is 0.564. The van der Waals surface area contributed by atoms with Crippen LogP contribution in [0.3, 0.4) is 0 Å². The maximum Gasteiger partial charge on any atom is 0.189 e. The maximum absolute atomic E-state index is 5.89. The summed E-state index contributed by atoms with van der Waals surface area (Å²) in [7, 11) is 0. The molecular formula is C22H26N5OS+. The highest BCUT2D eigenvalue weighted by Crippen LogP contribution is 2.41. The Hall–Kier alpha value is -2.51. The maximum atomic E-state index is 5.89. The van der Waals surface area contributed by atoms with Crippen molar-refractivity contribution < 1.29 is 10.1 Å². The minimum atomic E-state index is 0.0246. The molecule has 0 amide bonds. The van der Waals surface area contributed by atoms with Crippen LogP contribution in [0.4, 0.5) is 0 Å². The smallest absolute Gasteiger partial charge is 0.189 e. The highest BCUT2D eigenvalue weighted by Gasteiger charge is 2.43. The molecule has 0 atom stereocenters. The third-order valence-corrected chi connectivity index (χ3v) is 7.01. The van der Waals surface area contributed by atoms with Crippen molar-refractivity contribution >= 4 is 27.2 Å². The van der Waals surface area contributed by atoms with Crippen molar-refractivity contribution in [1.29, 1.82) is 0 Å². The lowest BCUT2D eigenvalue weighted by Crippen LogP contribution is -3.03. The zero-order valence-electron chi connectivity index (χ0n) is 17.5. The average molecular weight is 409 g/mol. The molecule has 150 valence electrons. The fraction of sp³-hybridized carbons (Fsp3) is 0.409. The van der Waals surface area contributed by atoms with Crippen LogP contribution in [0.5, 0.6) is 5.75 Å². The normalized spacial score (nSPS) is 17.6. The molecule has 6 nitrogen and oxygen atoms in total. The zero-order valence-corrected chi connectivity index (χ0v) is 18.3. The van der Waals surface area contributed by atoms with Crippen LogP contribution in [-0.4, -0.2) is 25.1 Å². The number of quaternary nitrogens is 1. The first-order valence-corrected chi connectivity index (χ1v) is 10.8. The van der Waals surface area contributed by atoms with Gasteiger partial charge in [0.15, 0.2) is 11.5 Å². The Morgan fingerprint density at radius 3 is 2.69 bits per heavy atom. The van der Waals surface area contributed by atoms with Gasteiger partial charge in [-0.05, 0) is 52.3 Å². The van der Waals surface area contributed by atoms with E-state index in [1.807, 2.05) is 24.3 Å². The van der Waals surface area contributed by atoms with Crippen LogP contribution >= 0.6 is 11.3 Å². The SMILES string of the molecule is Cc1ccc(OCc2nc3c4c5c(sc4ncn3n2)C(C)(C)[NH2+]C(C)(C)C5)cc1. The van der Waals surface area contributed by atoms with E-state index in [0.29, 0.717) is 12.4 Å². The van der Waals surface area contributed by atoms with Gasteiger partial charge in [0.25, 0.3) is 0 Å². The van der Waals surface area contributed by atoms with Crippen molar-refractivity contribution in [3.63, 3.8) is 0 Å². The first-order valence-electron chi connectivity index (χ1n) is 9.94. The lowest BCUT2D eigenvalue weighted by atomic mass is 9.82. The van der Waals surface area contributed by atoms with E-state index in [1.54, 1.807) is 22.2 Å². The molecule has 0 aliphatic carbocycles. The van der Waals surface area contributed by atoms with Gasteiger partial charge in [0.05, 0.1) is 15.8 Å². The number of hydrogen-bond acceptors (Lipinski definition) is 5. The van der Waals surface area contributed by atoms with Gasteiger partial charge in [-0.25, -0.2) is 14.5 Å². The van der Waals surface area contributed by atoms with E-state index in [0.717, 1.165) is 28.0 Å². The number of hydrogen-bond donors (Lipinski definition) is 1. The first-order chi connectivity index (χ1) is 13.7. The molecular weight excluding hydrogens is 382 g/mol. The second-order valence-corrected chi connectivity index (χ2v) is 10.3. The molecule has 0 radical (unpaired) electrons. The molecule has 0 spiro atoms. The van der Waals surface area contributed by atoms with Gasteiger partial charge < -0.3 is 10.1 Å². The summed E-state index contributed by atoms with van der Waals surface area (Å²) in [5.41, 5.74) is 3.62. The van der Waals surface area contributed by atoms with Crippen LogP contribution in [-0.2, 0) is 18.6 Å². The first kappa shape index (κ1) is 18.5. The number of ether oxygens (including phenoxy) is 1. The van der Waals surface area contributed by atoms with Gasteiger partial charge in [-0.1, -0.05) is 17.7 Å². The molecule has 0 fully saturated rings. The fourth-order valence-corrected chi connectivity index (χ4v) is 5.81. The molecule has 4 aromatic rings. The summed E-state index contributed by atoms with van der Waals surface area (Å²) < 4.78 is 7.68. The zero-order chi connectivity index (χ0) is 20.4. The van der Waals surface area contributed by atoms with Crippen LogP contribution in [0.2, 0.25) is 0 Å². The van der Waals surface area contributed by atoms with Gasteiger partial charge in [0, 0.05) is 6.42 Å². The van der Waals surface area contributed by atoms with Gasteiger partial charge in [-0.15, -0.1) is 16.4 Å². The van der Waals surface area contributed by atoms with Crippen LogP contribution in [0.1, 0.15) is 49.5 Å². The lowest BCUT2D eigenvalue weighted by Gasteiger charge is -2.38. The highest BCUT2D eigenvalue weighted by atomic mass is 32.1. The molecule has 0 saturated heterocycles. The summed E-state index contributed by atoms with van der Waals surface area (Å²) in [6.07, 6.45) is 2.76. The molecule has 3 aromatic heterocycles. The Balaban J connectivity index is 1.57. The van der Waals surface area contributed by atoms with Gasteiger partial charge in [0.2, 0.25) is 0 Å². The van der Waals surface area contributed by atoms with Crippen LogP contribution in [0.15, 0.2) is 30.6 Å². The Kier molecular flexibility index (Phi) is 3.98. The number of nitrogens with zero attached hydrogens (tertiary/aromatic N) is 4. The molecule has 2 N–H and O–H groups in total. The highest BCUT2D eigenvalue weighted by molar-refractivity contribution is 7.19. The third-order valence-electron chi connectivity index (χ3n) is 5.53. The number of thiophene rings is 1. The van der Waals surface area contributed by atoms with Crippen molar-refractivity contribution in [2.45, 2.75) is 58.7 Å². The second kappa shape index (κ2) is 6.24. The number of nitrogens with two attached hydrogens (primary N) is 1. The van der Waals surface area contributed by atoms with Crippen molar-refractivity contribution in [3.8, 4) is 5.75 Å². The molecule has 5 rings (SSSR count). The minimum absolute atomic E-state index is 0.0246. The molecule has 4 heterocycles. The molecule has 0 saturated carbocycles. The van der Waals surface area contributed by atoms with Gasteiger partial charge in [0.1, 0.15) is 29.1 Å². The van der Waals surface area contributed by atoms with Crippen molar-refractivity contribution in [2.24, 2.45) is 0 Å². The Bertz CT molecular complexity index is 1220. The number of rotatable bonds is 3. The van der Waals surface area contributed by atoms with E-state index in [1.165, 1.54) is 16.0 Å². The van der Waals surface area contributed by atoms with Gasteiger partial charge >= 0.3 is 0 Å². The van der Waals surface area contributed by atoms with E-state index in [-0.39, 0.29) is 11.1 Å². The Labute approximate surface area is 173 Å². The molecule has 0 bridgehead atoms. The predicted octanol–water partition coefficient (Wildman–Crippen LogP) is 3.36. The second-order valence-electron chi connectivity index (χ2n) is 9.26. The standard InChI is InChI=1S/C22H25N5OS/c1-13-6-8-14(9-7-13)28-11-16-24-19-17-15-10-21(2,3)26-22(4,5)18(15)29-20(17)23-12-27(19)25-16/h6-9,12,26H,10-11H2,1-5H3/p+1. The monoisotopic (exact) mass is 408 g/mol. The molecule has 0 unspecified atom stereocenters. The van der Waals surface area contributed by atoms with E-state index >= 15 is 0 Å². The third kappa shape index (κ3) is 3.18.